The van der Waals surface area contributed by atoms with Gasteiger partial charge >= 0.3 is 0 Å². The maximum Gasteiger partial charge on any atom is 0.134 e. The molecule has 1 rings (SSSR count). The minimum atomic E-state index is -4.05. The summed E-state index contributed by atoms with van der Waals surface area (Å²) >= 11 is 0. The Hall–Kier alpha value is -0.950. The van der Waals surface area contributed by atoms with Gasteiger partial charge in [-0.15, -0.1) is 0 Å². The van der Waals surface area contributed by atoms with Gasteiger partial charge in [-0.05, 0) is 18.4 Å². The maximum absolute atomic E-state index is 10.1. The van der Waals surface area contributed by atoms with Crippen LogP contribution >= 0.6 is 10.9 Å². The first-order valence-corrected chi connectivity index (χ1v) is 13.3. The van der Waals surface area contributed by atoms with Gasteiger partial charge < -0.3 is 23.9 Å². The Kier molecular flexibility index (Phi) is 13.5. The van der Waals surface area contributed by atoms with Crippen LogP contribution in [0.2, 0.25) is 0 Å². The topological polar surface area (TPSA) is 101 Å². The van der Waals surface area contributed by atoms with Gasteiger partial charge in [0.25, 0.3) is 0 Å². The zero-order valence-electron chi connectivity index (χ0n) is 19.0. The number of unbranched alkanes of at least 4 members (excludes halogenated alkanes) is 13. The Bertz CT molecular complexity index is 586. The van der Waals surface area contributed by atoms with E-state index >= 15 is 0 Å². The normalized spacial score (nSPS) is 13.5. The van der Waals surface area contributed by atoms with Crippen molar-refractivity contribution in [2.24, 2.45) is 0 Å². The number of phenolic OH excluding ortho intramolecular Hbond substituents is 2. The summed E-state index contributed by atoms with van der Waals surface area (Å²) in [5, 5.41) is 20.1. The number of rotatable bonds is 17. The molecule has 1 aromatic rings. The second kappa shape index (κ2) is 15.0. The average molecular weight is 445 g/mol. The second-order valence-corrected chi connectivity index (χ2v) is 10.2. The summed E-state index contributed by atoms with van der Waals surface area (Å²) in [5.41, 5.74) is 0.564. The van der Waals surface area contributed by atoms with Crippen LogP contribution in [0.3, 0.4) is 0 Å². The van der Waals surface area contributed by atoms with Crippen LogP contribution in [0.5, 0.6) is 11.5 Å². The van der Waals surface area contributed by atoms with E-state index in [0.29, 0.717) is 5.56 Å². The summed E-state index contributed by atoms with van der Waals surface area (Å²) < 4.78 is 27.9. The van der Waals surface area contributed by atoms with E-state index in [4.69, 9.17) is 0 Å². The average Bonchev–Trinajstić information content (AvgIpc) is 2.68. The fourth-order valence-corrected chi connectivity index (χ4v) is 4.60. The van der Waals surface area contributed by atoms with Crippen LogP contribution in [-0.2, 0) is 0 Å². The molecule has 0 fully saturated rings. The molecule has 5 N–H and O–H groups in total. The highest BCUT2D eigenvalue weighted by Gasteiger charge is 2.24. The van der Waals surface area contributed by atoms with Crippen LogP contribution in [-0.4, -0.2) is 23.9 Å². The van der Waals surface area contributed by atoms with E-state index < -0.39 is 21.5 Å². The third-order valence-electron chi connectivity index (χ3n) is 5.92. The molecule has 1 atom stereocenters. The second-order valence-electron chi connectivity index (χ2n) is 8.68. The van der Waals surface area contributed by atoms with E-state index in [1.807, 2.05) is 6.92 Å². The Morgan fingerprint density at radius 3 is 1.53 bits per heavy atom. The van der Waals surface area contributed by atoms with Gasteiger partial charge in [-0.1, -0.05) is 104 Å². The first kappa shape index (κ1) is 27.1. The van der Waals surface area contributed by atoms with Gasteiger partial charge in [0.15, 0.2) is 0 Å². The molecule has 0 aliphatic carbocycles. The zero-order valence-corrected chi connectivity index (χ0v) is 19.8. The fraction of sp³-hybridized carbons (Fsp3) is 0.750. The van der Waals surface area contributed by atoms with Crippen molar-refractivity contribution < 1.29 is 23.9 Å². The van der Waals surface area contributed by atoms with Crippen molar-refractivity contribution in [1.29, 1.82) is 0 Å². The summed E-state index contributed by atoms with van der Waals surface area (Å²) in [6.07, 6.45) is 19.3. The highest BCUT2D eigenvalue weighted by Crippen LogP contribution is 2.51. The number of phenols is 2. The summed E-state index contributed by atoms with van der Waals surface area (Å²) in [6, 6.07) is 2.37. The van der Waals surface area contributed by atoms with Gasteiger partial charge in [0, 0.05) is 11.6 Å². The molecular formula is C24H44O5S. The molecule has 30 heavy (non-hydrogen) atoms. The first-order chi connectivity index (χ1) is 14.3. The third-order valence-corrected chi connectivity index (χ3v) is 6.84. The molecule has 1 aromatic carbocycles. The standard InChI is InChI=1S/C24H44O5S/c1-3-4-5-6-7-8-9-10-11-12-13-14-15-16-17-20(2)21-18-23(26)24(19-22(21)25)30(27,28)29/h18-20,25-29H,3-17H2,1-2H3. The molecule has 5 nitrogen and oxygen atoms in total. The molecule has 0 aromatic heterocycles. The molecule has 0 aliphatic heterocycles. The lowest BCUT2D eigenvalue weighted by Crippen LogP contribution is -2.00. The monoisotopic (exact) mass is 444 g/mol. The summed E-state index contributed by atoms with van der Waals surface area (Å²) in [7, 11) is -4.05. The highest BCUT2D eigenvalue weighted by atomic mass is 32.3. The molecule has 0 spiro atoms. The SMILES string of the molecule is CCCCCCCCCCCCCCCCC(C)c1cc(O)c(S(O)(O)O)cc1O. The van der Waals surface area contributed by atoms with Crippen LogP contribution < -0.4 is 0 Å². The van der Waals surface area contributed by atoms with Crippen LogP contribution in [0.25, 0.3) is 0 Å². The van der Waals surface area contributed by atoms with Gasteiger partial charge in [-0.3, -0.25) is 0 Å². The number of hydrogen-bond acceptors (Lipinski definition) is 5. The molecule has 0 amide bonds. The van der Waals surface area contributed by atoms with Crippen molar-refractivity contribution in [2.75, 3.05) is 0 Å². The molecule has 0 heterocycles. The first-order valence-electron chi connectivity index (χ1n) is 11.8. The van der Waals surface area contributed by atoms with Crippen molar-refractivity contribution >= 4 is 10.9 Å². The van der Waals surface area contributed by atoms with E-state index in [-0.39, 0.29) is 11.7 Å². The van der Waals surface area contributed by atoms with Crippen molar-refractivity contribution in [3.8, 4) is 11.5 Å². The fourth-order valence-electron chi connectivity index (χ4n) is 3.99. The molecule has 1 unspecified atom stereocenters. The molecule has 0 bridgehead atoms. The summed E-state index contributed by atoms with van der Waals surface area (Å²) in [4.78, 5) is -0.438. The van der Waals surface area contributed by atoms with Crippen molar-refractivity contribution in [3.05, 3.63) is 17.7 Å². The lowest BCUT2D eigenvalue weighted by Gasteiger charge is -2.22. The largest absolute Gasteiger partial charge is 0.508 e. The highest BCUT2D eigenvalue weighted by molar-refractivity contribution is 8.19. The van der Waals surface area contributed by atoms with Crippen LogP contribution in [0.4, 0.5) is 0 Å². The molecule has 0 radical (unpaired) electrons. The van der Waals surface area contributed by atoms with Gasteiger partial charge in [0.1, 0.15) is 27.3 Å². The van der Waals surface area contributed by atoms with Crippen molar-refractivity contribution in [1.82, 2.24) is 0 Å². The van der Waals surface area contributed by atoms with Gasteiger partial charge in [0.05, 0.1) is 0 Å². The van der Waals surface area contributed by atoms with Crippen molar-refractivity contribution in [2.45, 2.75) is 121 Å². The van der Waals surface area contributed by atoms with E-state index in [1.54, 1.807) is 0 Å². The lowest BCUT2D eigenvalue weighted by atomic mass is 9.93. The Balaban J connectivity index is 2.11. The van der Waals surface area contributed by atoms with Crippen LogP contribution in [0.1, 0.15) is 122 Å². The van der Waals surface area contributed by atoms with E-state index in [2.05, 4.69) is 6.92 Å². The Morgan fingerprint density at radius 2 is 1.10 bits per heavy atom. The molecule has 0 saturated heterocycles. The predicted octanol–water partition coefficient (Wildman–Crippen LogP) is 8.66. The van der Waals surface area contributed by atoms with Gasteiger partial charge in [-0.2, -0.15) is 0 Å². The number of aromatic hydroxyl groups is 2. The third kappa shape index (κ3) is 10.9. The van der Waals surface area contributed by atoms with Crippen LogP contribution in [0.15, 0.2) is 17.0 Å². The quantitative estimate of drug-likeness (QED) is 0.122. The van der Waals surface area contributed by atoms with E-state index in [1.165, 1.54) is 83.1 Å². The summed E-state index contributed by atoms with van der Waals surface area (Å²) in [5.74, 6) is -0.490. The number of hydrogen-bond donors (Lipinski definition) is 5. The minimum absolute atomic E-state index is 0.0442. The molecular weight excluding hydrogens is 400 g/mol. The molecule has 6 heteroatoms. The predicted molar refractivity (Wildman–Crippen MR) is 127 cm³/mol. The zero-order chi connectivity index (χ0) is 22.4. The van der Waals surface area contributed by atoms with E-state index in [9.17, 15) is 23.9 Å². The minimum Gasteiger partial charge on any atom is -0.508 e. The molecule has 176 valence electrons. The Morgan fingerprint density at radius 1 is 0.667 bits per heavy atom. The van der Waals surface area contributed by atoms with Crippen molar-refractivity contribution in [3.63, 3.8) is 0 Å². The molecule has 0 aliphatic rings. The lowest BCUT2D eigenvalue weighted by molar-refractivity contribution is 0.364. The smallest absolute Gasteiger partial charge is 0.134 e. The number of benzene rings is 1. The maximum atomic E-state index is 10.1. The summed E-state index contributed by atoms with van der Waals surface area (Å²) in [6.45, 7) is 4.24. The molecule has 0 saturated carbocycles. The van der Waals surface area contributed by atoms with Gasteiger partial charge in [0.2, 0.25) is 0 Å². The Labute approximate surface area is 185 Å². The van der Waals surface area contributed by atoms with Crippen LogP contribution in [0, 0.1) is 0 Å². The van der Waals surface area contributed by atoms with E-state index in [0.717, 1.165) is 25.3 Å². The van der Waals surface area contributed by atoms with Gasteiger partial charge in [-0.25, -0.2) is 0 Å².